The molecular formula is C46H80O4. The molecule has 0 spiro atoms. The fourth-order valence-corrected chi connectivity index (χ4v) is 6.64. The van der Waals surface area contributed by atoms with Gasteiger partial charge in [0.15, 0.2) is 11.6 Å². The van der Waals surface area contributed by atoms with Gasteiger partial charge >= 0.3 is 0 Å². The van der Waals surface area contributed by atoms with Gasteiger partial charge in [0.1, 0.15) is 11.6 Å². The molecule has 50 heavy (non-hydrogen) atoms. The summed E-state index contributed by atoms with van der Waals surface area (Å²) in [6.07, 6.45) is 48.9. The van der Waals surface area contributed by atoms with Gasteiger partial charge in [0.05, 0.1) is 0 Å². The molecule has 288 valence electrons. The topological polar surface area (TPSA) is 68.3 Å². The Kier molecular flexibility index (Phi) is 38.0. The fraction of sp³-hybridized carbons (Fsp3) is 0.783. The minimum atomic E-state index is 0.155. The van der Waals surface area contributed by atoms with Crippen molar-refractivity contribution in [2.24, 2.45) is 0 Å². The normalized spacial score (nSPS) is 18.2. The van der Waals surface area contributed by atoms with Crippen molar-refractivity contribution < 1.29 is 19.2 Å². The Bertz CT molecular complexity index is 771. The van der Waals surface area contributed by atoms with Gasteiger partial charge in [0.2, 0.25) is 0 Å². The van der Waals surface area contributed by atoms with E-state index in [0.29, 0.717) is 24.4 Å². The lowest BCUT2D eigenvalue weighted by molar-refractivity contribution is -0.120. The third-order valence-electron chi connectivity index (χ3n) is 10.0. The van der Waals surface area contributed by atoms with Crippen molar-refractivity contribution in [3.05, 3.63) is 37.5 Å². The van der Waals surface area contributed by atoms with E-state index in [1.54, 1.807) is 0 Å². The molecular weight excluding hydrogens is 617 g/mol. The highest BCUT2D eigenvalue weighted by Gasteiger charge is 2.04. The van der Waals surface area contributed by atoms with Crippen LogP contribution in [0.25, 0.3) is 0 Å². The number of unbranched alkanes of at least 4 members (excludes halogenated alkanes) is 7. The van der Waals surface area contributed by atoms with Crippen molar-refractivity contribution in [2.45, 2.75) is 231 Å². The quantitative estimate of drug-likeness (QED) is 0.109. The van der Waals surface area contributed by atoms with E-state index in [0.717, 1.165) is 77.0 Å². The largest absolute Gasteiger partial charge is 0.300 e. The lowest BCUT2D eigenvalue weighted by atomic mass is 10.0. The van der Waals surface area contributed by atoms with Gasteiger partial charge in [0.25, 0.3) is 0 Å². The van der Waals surface area contributed by atoms with Crippen LogP contribution in [0.5, 0.6) is 0 Å². The first kappa shape index (κ1) is 47.9. The highest BCUT2D eigenvalue weighted by molar-refractivity contribution is 5.89. The Morgan fingerprint density at radius 3 is 0.920 bits per heavy atom. The van der Waals surface area contributed by atoms with E-state index < -0.39 is 0 Å². The molecule has 0 heterocycles. The van der Waals surface area contributed by atoms with Crippen LogP contribution >= 0.6 is 0 Å². The van der Waals surface area contributed by atoms with Crippen LogP contribution in [-0.2, 0) is 19.2 Å². The molecule has 0 aromatic carbocycles. The predicted octanol–water partition coefficient (Wildman–Crippen LogP) is 14.2. The first-order valence-corrected chi connectivity index (χ1v) is 21.5. The van der Waals surface area contributed by atoms with Gasteiger partial charge in [-0.1, -0.05) is 154 Å². The van der Waals surface area contributed by atoms with Crippen molar-refractivity contribution in [3.63, 3.8) is 0 Å². The summed E-state index contributed by atoms with van der Waals surface area (Å²) in [6.45, 7) is 6.91. The number of carbonyl (C=O) groups excluding carboxylic acids is 4. The summed E-state index contributed by atoms with van der Waals surface area (Å²) in [7, 11) is 0. The van der Waals surface area contributed by atoms with Crippen LogP contribution in [0.1, 0.15) is 231 Å². The molecule has 1 saturated carbocycles. The van der Waals surface area contributed by atoms with Crippen LogP contribution in [0.4, 0.5) is 0 Å². The van der Waals surface area contributed by atoms with Gasteiger partial charge in [-0.15, -0.1) is 0 Å². The predicted molar refractivity (Wildman–Crippen MR) is 216 cm³/mol. The molecule has 4 nitrogen and oxygen atoms in total. The highest BCUT2D eigenvalue weighted by Crippen LogP contribution is 2.16. The Balaban J connectivity index is 0.000000806. The SMILES string of the molecule is C1=CCCCCCC1.C=CC(=O)CCCCCCCCCCC(=O)C=C.O=C1CCCCCCCCCCC(=O)CCCCCCCCCC1. The molecule has 2 aliphatic rings. The maximum atomic E-state index is 11.8. The zero-order valence-corrected chi connectivity index (χ0v) is 32.8. The van der Waals surface area contributed by atoms with Gasteiger partial charge in [-0.05, 0) is 76.4 Å². The number of carbonyl (C=O) groups is 4. The van der Waals surface area contributed by atoms with E-state index in [2.05, 4.69) is 25.3 Å². The van der Waals surface area contributed by atoms with Crippen LogP contribution in [0.15, 0.2) is 37.5 Å². The highest BCUT2D eigenvalue weighted by atomic mass is 16.1. The van der Waals surface area contributed by atoms with Gasteiger partial charge in [-0.2, -0.15) is 0 Å². The number of Topliss-reactive ketones (excluding diaryl/α,β-unsaturated/α-hetero) is 2. The number of hydrogen-bond acceptors (Lipinski definition) is 4. The van der Waals surface area contributed by atoms with Crippen molar-refractivity contribution in [1.29, 1.82) is 0 Å². The van der Waals surface area contributed by atoms with Crippen molar-refractivity contribution in [3.8, 4) is 0 Å². The Labute approximate surface area is 310 Å². The molecule has 4 heteroatoms. The minimum absolute atomic E-state index is 0.155. The minimum Gasteiger partial charge on any atom is -0.300 e. The first-order chi connectivity index (χ1) is 24.5. The second kappa shape index (κ2) is 39.7. The molecule has 0 N–H and O–H groups in total. The third kappa shape index (κ3) is 38.7. The summed E-state index contributed by atoms with van der Waals surface area (Å²) in [4.78, 5) is 45.6. The Hall–Kier alpha value is -2.10. The third-order valence-corrected chi connectivity index (χ3v) is 10.0. The second-order valence-electron chi connectivity index (χ2n) is 14.9. The van der Waals surface area contributed by atoms with Crippen molar-refractivity contribution in [2.75, 3.05) is 0 Å². The lowest BCUT2D eigenvalue weighted by Crippen LogP contribution is -1.98. The molecule has 1 fully saturated rings. The zero-order chi connectivity index (χ0) is 36.6. The van der Waals surface area contributed by atoms with Crippen LogP contribution in [0.2, 0.25) is 0 Å². The summed E-state index contributed by atoms with van der Waals surface area (Å²) in [5, 5.41) is 0. The van der Waals surface area contributed by atoms with E-state index in [-0.39, 0.29) is 11.6 Å². The standard InChI is InChI=1S/C22H40O2.C16H26O2.C8H14/c23-21-17-13-9-5-1-2-6-10-14-18-22(24)20-16-12-8-4-3-7-11-15-19-21;1-3-15(17)13-11-9-7-5-6-8-10-12-14-16(18)4-2;1-2-4-6-8-7-5-3-1/h1-20H2;3-4H,1-2,5-14H2;1-2H,3-8H2. The Morgan fingerprint density at radius 1 is 0.400 bits per heavy atom. The second-order valence-corrected chi connectivity index (χ2v) is 14.9. The van der Waals surface area contributed by atoms with Crippen LogP contribution < -0.4 is 0 Å². The molecule has 2 aliphatic carbocycles. The number of rotatable bonds is 13. The maximum Gasteiger partial charge on any atom is 0.155 e. The smallest absolute Gasteiger partial charge is 0.155 e. The van der Waals surface area contributed by atoms with Crippen molar-refractivity contribution >= 4 is 23.1 Å². The van der Waals surface area contributed by atoms with E-state index in [1.807, 2.05) is 0 Å². The molecule has 0 aromatic heterocycles. The van der Waals surface area contributed by atoms with Gasteiger partial charge < -0.3 is 0 Å². The van der Waals surface area contributed by atoms with E-state index in [1.165, 1.54) is 153 Å². The molecule has 0 atom stereocenters. The van der Waals surface area contributed by atoms with Gasteiger partial charge in [-0.25, -0.2) is 0 Å². The fourth-order valence-electron chi connectivity index (χ4n) is 6.64. The van der Waals surface area contributed by atoms with Crippen LogP contribution in [-0.4, -0.2) is 23.1 Å². The molecule has 0 aliphatic heterocycles. The molecule has 0 amide bonds. The molecule has 0 unspecified atom stereocenters. The molecule has 0 bridgehead atoms. The summed E-state index contributed by atoms with van der Waals surface area (Å²) in [6, 6.07) is 0. The average Bonchev–Trinajstić information content (AvgIpc) is 3.10. The van der Waals surface area contributed by atoms with Crippen LogP contribution in [0, 0.1) is 0 Å². The van der Waals surface area contributed by atoms with E-state index in [9.17, 15) is 19.2 Å². The molecule has 2 rings (SSSR count). The van der Waals surface area contributed by atoms with E-state index in [4.69, 9.17) is 0 Å². The Morgan fingerprint density at radius 2 is 0.640 bits per heavy atom. The monoisotopic (exact) mass is 697 g/mol. The molecule has 0 radical (unpaired) electrons. The summed E-state index contributed by atoms with van der Waals surface area (Å²) >= 11 is 0. The summed E-state index contributed by atoms with van der Waals surface area (Å²) in [5.74, 6) is 1.28. The molecule has 0 aromatic rings. The van der Waals surface area contributed by atoms with Crippen LogP contribution in [0.3, 0.4) is 0 Å². The summed E-state index contributed by atoms with van der Waals surface area (Å²) < 4.78 is 0. The summed E-state index contributed by atoms with van der Waals surface area (Å²) in [5.41, 5.74) is 0. The maximum absolute atomic E-state index is 11.8. The number of allylic oxidation sites excluding steroid dienone is 4. The van der Waals surface area contributed by atoms with E-state index >= 15 is 0 Å². The molecule has 0 saturated heterocycles. The lowest BCUT2D eigenvalue weighted by Gasteiger charge is -2.05. The number of hydrogen-bond donors (Lipinski definition) is 0. The van der Waals surface area contributed by atoms with Gasteiger partial charge in [-0.3, -0.25) is 19.2 Å². The number of ketones is 4. The van der Waals surface area contributed by atoms with Gasteiger partial charge in [0, 0.05) is 38.5 Å². The zero-order valence-electron chi connectivity index (χ0n) is 32.8. The first-order valence-electron chi connectivity index (χ1n) is 21.5. The average molecular weight is 697 g/mol. The van der Waals surface area contributed by atoms with Crippen molar-refractivity contribution in [1.82, 2.24) is 0 Å².